The van der Waals surface area contributed by atoms with Crippen LogP contribution >= 0.6 is 0 Å². The summed E-state index contributed by atoms with van der Waals surface area (Å²) in [5.74, 6) is 0.247. The molecule has 0 fully saturated rings. The number of rotatable bonds is 7. The fraction of sp³-hybridized carbons (Fsp3) is 0.263. The summed E-state index contributed by atoms with van der Waals surface area (Å²) in [5.41, 5.74) is 9.73. The third-order valence-corrected chi connectivity index (χ3v) is 3.64. The van der Waals surface area contributed by atoms with E-state index in [1.807, 2.05) is 19.1 Å². The monoisotopic (exact) mass is 280 g/mol. The first-order chi connectivity index (χ1) is 10.2. The molecule has 0 saturated carbocycles. The van der Waals surface area contributed by atoms with E-state index in [2.05, 4.69) is 60.4 Å². The highest BCUT2D eigenvalue weighted by molar-refractivity contribution is 5.34. The number of benzene rings is 2. The highest BCUT2D eigenvalue weighted by atomic mass is 14.9. The lowest BCUT2D eigenvalue weighted by molar-refractivity contribution is 0.491. The van der Waals surface area contributed by atoms with Gasteiger partial charge in [0, 0.05) is 25.0 Å². The van der Waals surface area contributed by atoms with E-state index in [-0.39, 0.29) is 12.0 Å². The molecule has 1 atom stereocenters. The van der Waals surface area contributed by atoms with Crippen LogP contribution in [-0.2, 0) is 0 Å². The molecule has 0 aliphatic heterocycles. The van der Waals surface area contributed by atoms with Gasteiger partial charge in [-0.25, -0.2) is 0 Å². The third kappa shape index (κ3) is 4.28. The molecular weight excluding hydrogens is 256 g/mol. The van der Waals surface area contributed by atoms with Gasteiger partial charge in [0.05, 0.1) is 0 Å². The fourth-order valence-corrected chi connectivity index (χ4v) is 2.62. The van der Waals surface area contributed by atoms with Crippen molar-refractivity contribution in [3.05, 3.63) is 83.9 Å². The first-order valence-corrected chi connectivity index (χ1v) is 7.40. The average Bonchev–Trinajstić information content (AvgIpc) is 2.53. The molecule has 3 N–H and O–H groups in total. The SMILES string of the molecule is C=C(C)CNC(CN)C(c1ccccc1)c1ccccc1. The predicted molar refractivity (Wildman–Crippen MR) is 90.4 cm³/mol. The van der Waals surface area contributed by atoms with Gasteiger partial charge in [-0.05, 0) is 18.1 Å². The molecule has 0 bridgehead atoms. The normalized spacial score (nSPS) is 12.3. The van der Waals surface area contributed by atoms with E-state index in [9.17, 15) is 0 Å². The molecule has 0 radical (unpaired) electrons. The van der Waals surface area contributed by atoms with Gasteiger partial charge >= 0.3 is 0 Å². The standard InChI is InChI=1S/C19H24N2/c1-15(2)14-21-18(13-20)19(16-9-5-3-6-10-16)17-11-7-4-8-12-17/h3-12,18-19,21H,1,13-14,20H2,2H3. The van der Waals surface area contributed by atoms with Crippen molar-refractivity contribution in [1.29, 1.82) is 0 Å². The smallest absolute Gasteiger partial charge is 0.0302 e. The summed E-state index contributed by atoms with van der Waals surface area (Å²) in [7, 11) is 0. The molecule has 2 heteroatoms. The molecule has 0 amide bonds. The topological polar surface area (TPSA) is 38.0 Å². The van der Waals surface area contributed by atoms with Crippen molar-refractivity contribution in [2.24, 2.45) is 5.73 Å². The second-order valence-electron chi connectivity index (χ2n) is 5.48. The van der Waals surface area contributed by atoms with Crippen molar-refractivity contribution in [3.8, 4) is 0 Å². The summed E-state index contributed by atoms with van der Waals surface area (Å²) in [6, 6.07) is 21.3. The Morgan fingerprint density at radius 1 is 1.00 bits per heavy atom. The Morgan fingerprint density at radius 2 is 1.48 bits per heavy atom. The number of hydrogen-bond donors (Lipinski definition) is 2. The Hall–Kier alpha value is -1.90. The molecule has 0 spiro atoms. The second kappa shape index (κ2) is 7.77. The van der Waals surface area contributed by atoms with Gasteiger partial charge < -0.3 is 11.1 Å². The van der Waals surface area contributed by atoms with Gasteiger partial charge in [0.25, 0.3) is 0 Å². The van der Waals surface area contributed by atoms with Crippen molar-refractivity contribution in [2.45, 2.75) is 18.9 Å². The van der Waals surface area contributed by atoms with Crippen LogP contribution in [0.1, 0.15) is 24.0 Å². The molecule has 2 aromatic carbocycles. The largest absolute Gasteiger partial charge is 0.329 e. The number of nitrogens with two attached hydrogens (primary N) is 1. The Balaban J connectivity index is 2.33. The molecule has 1 unspecified atom stereocenters. The number of nitrogens with one attached hydrogen (secondary N) is 1. The van der Waals surface area contributed by atoms with Crippen LogP contribution in [0.15, 0.2) is 72.8 Å². The molecule has 0 heterocycles. The summed E-state index contributed by atoms with van der Waals surface area (Å²) in [6.07, 6.45) is 0. The lowest BCUT2D eigenvalue weighted by Gasteiger charge is -2.28. The Morgan fingerprint density at radius 3 is 1.86 bits per heavy atom. The first-order valence-electron chi connectivity index (χ1n) is 7.40. The summed E-state index contributed by atoms with van der Waals surface area (Å²) in [5, 5.41) is 3.54. The average molecular weight is 280 g/mol. The summed E-state index contributed by atoms with van der Waals surface area (Å²) in [4.78, 5) is 0. The van der Waals surface area contributed by atoms with Crippen LogP contribution < -0.4 is 11.1 Å². The van der Waals surface area contributed by atoms with E-state index in [0.717, 1.165) is 12.1 Å². The zero-order valence-electron chi connectivity index (χ0n) is 12.6. The molecular formula is C19H24N2. The molecule has 21 heavy (non-hydrogen) atoms. The van der Waals surface area contributed by atoms with Crippen molar-refractivity contribution >= 4 is 0 Å². The van der Waals surface area contributed by atoms with E-state index < -0.39 is 0 Å². The minimum atomic E-state index is 0.187. The quantitative estimate of drug-likeness (QED) is 0.764. The molecule has 2 aromatic rings. The van der Waals surface area contributed by atoms with E-state index in [0.29, 0.717) is 6.54 Å². The van der Waals surface area contributed by atoms with Crippen LogP contribution in [0.4, 0.5) is 0 Å². The second-order valence-corrected chi connectivity index (χ2v) is 5.48. The molecule has 0 aromatic heterocycles. The molecule has 2 nitrogen and oxygen atoms in total. The van der Waals surface area contributed by atoms with Crippen LogP contribution in [0.2, 0.25) is 0 Å². The Labute approximate surface area is 127 Å². The predicted octanol–water partition coefficient (Wildman–Crippen LogP) is 3.31. The molecule has 110 valence electrons. The first kappa shape index (κ1) is 15.5. The highest BCUT2D eigenvalue weighted by Gasteiger charge is 2.23. The van der Waals surface area contributed by atoms with Crippen LogP contribution in [-0.4, -0.2) is 19.1 Å². The van der Waals surface area contributed by atoms with Gasteiger partial charge in [-0.2, -0.15) is 0 Å². The van der Waals surface area contributed by atoms with Crippen molar-refractivity contribution in [3.63, 3.8) is 0 Å². The van der Waals surface area contributed by atoms with Crippen molar-refractivity contribution in [1.82, 2.24) is 5.32 Å². The maximum absolute atomic E-state index is 6.04. The van der Waals surface area contributed by atoms with Gasteiger partial charge in [-0.3, -0.25) is 0 Å². The van der Waals surface area contributed by atoms with Gasteiger partial charge in [0.15, 0.2) is 0 Å². The van der Waals surface area contributed by atoms with Crippen molar-refractivity contribution < 1.29 is 0 Å². The summed E-state index contributed by atoms with van der Waals surface area (Å²) >= 11 is 0. The fourth-order valence-electron chi connectivity index (χ4n) is 2.62. The van der Waals surface area contributed by atoms with E-state index in [1.54, 1.807) is 0 Å². The zero-order chi connectivity index (χ0) is 15.1. The molecule has 0 aliphatic carbocycles. The third-order valence-electron chi connectivity index (χ3n) is 3.64. The molecule has 0 saturated heterocycles. The van der Waals surface area contributed by atoms with Gasteiger partial charge in [0.1, 0.15) is 0 Å². The van der Waals surface area contributed by atoms with E-state index >= 15 is 0 Å². The maximum Gasteiger partial charge on any atom is 0.0302 e. The molecule has 0 aliphatic rings. The maximum atomic E-state index is 6.04. The highest BCUT2D eigenvalue weighted by Crippen LogP contribution is 2.27. The van der Waals surface area contributed by atoms with Gasteiger partial charge in [-0.1, -0.05) is 72.8 Å². The lowest BCUT2D eigenvalue weighted by atomic mass is 9.85. The minimum Gasteiger partial charge on any atom is -0.329 e. The Kier molecular flexibility index (Phi) is 5.73. The zero-order valence-corrected chi connectivity index (χ0v) is 12.6. The van der Waals surface area contributed by atoms with E-state index in [1.165, 1.54) is 11.1 Å². The van der Waals surface area contributed by atoms with Crippen molar-refractivity contribution in [2.75, 3.05) is 13.1 Å². The molecule has 2 rings (SSSR count). The number of hydrogen-bond acceptors (Lipinski definition) is 2. The summed E-state index contributed by atoms with van der Waals surface area (Å²) < 4.78 is 0. The van der Waals surface area contributed by atoms with Crippen LogP contribution in [0.3, 0.4) is 0 Å². The summed E-state index contributed by atoms with van der Waals surface area (Å²) in [6.45, 7) is 7.37. The van der Waals surface area contributed by atoms with Crippen LogP contribution in [0.5, 0.6) is 0 Å². The minimum absolute atomic E-state index is 0.187. The Bertz CT molecular complexity index is 509. The van der Waals surface area contributed by atoms with E-state index in [4.69, 9.17) is 5.73 Å². The van der Waals surface area contributed by atoms with Gasteiger partial charge in [-0.15, -0.1) is 0 Å². The van der Waals surface area contributed by atoms with Crippen LogP contribution in [0.25, 0.3) is 0 Å². The lowest BCUT2D eigenvalue weighted by Crippen LogP contribution is -2.42. The van der Waals surface area contributed by atoms with Gasteiger partial charge in [0.2, 0.25) is 0 Å². The van der Waals surface area contributed by atoms with Crippen LogP contribution in [0, 0.1) is 0 Å².